The van der Waals surface area contributed by atoms with Crippen molar-refractivity contribution in [2.45, 2.75) is 19.4 Å². The van der Waals surface area contributed by atoms with Gasteiger partial charge in [-0.1, -0.05) is 36.4 Å². The van der Waals surface area contributed by atoms with Crippen LogP contribution in [0.25, 0.3) is 38.9 Å². The molecule has 33 heavy (non-hydrogen) atoms. The van der Waals surface area contributed by atoms with Crippen molar-refractivity contribution in [2.24, 2.45) is 13.0 Å². The summed E-state index contributed by atoms with van der Waals surface area (Å²) in [7, 11) is 2.02. The van der Waals surface area contributed by atoms with Crippen molar-refractivity contribution in [3.05, 3.63) is 71.4 Å². The molecule has 6 rings (SSSR count). The van der Waals surface area contributed by atoms with Gasteiger partial charge >= 0.3 is 5.69 Å². The zero-order chi connectivity index (χ0) is 21.7. The first-order valence-electron chi connectivity index (χ1n) is 11.2. The van der Waals surface area contributed by atoms with Crippen LogP contribution in [0.3, 0.4) is 0 Å². The van der Waals surface area contributed by atoms with E-state index < -0.39 is 0 Å². The van der Waals surface area contributed by atoms with Crippen LogP contribution in [0.5, 0.6) is 0 Å². The number of hydrogen-bond acceptors (Lipinski definition) is 3. The second-order valence-corrected chi connectivity index (χ2v) is 8.73. The molecule has 5 aromatic rings. The van der Waals surface area contributed by atoms with E-state index in [0.717, 1.165) is 59.1 Å². The molecule has 3 aromatic heterocycles. The summed E-state index contributed by atoms with van der Waals surface area (Å²) < 4.78 is 6.08. The van der Waals surface area contributed by atoms with Crippen LogP contribution in [0.4, 0.5) is 0 Å². The molecule has 0 amide bonds. The normalized spacial score (nSPS) is 16.0. The van der Waals surface area contributed by atoms with Crippen molar-refractivity contribution < 1.29 is 0 Å². The average Bonchev–Trinajstić information content (AvgIpc) is 3.59. The summed E-state index contributed by atoms with van der Waals surface area (Å²) in [6, 6.07) is 16.5. The Bertz CT molecular complexity index is 1480. The minimum atomic E-state index is -0.226. The van der Waals surface area contributed by atoms with Crippen molar-refractivity contribution in [3.8, 4) is 17.1 Å². The first-order chi connectivity index (χ1) is 15.7. The number of fused-ring (bicyclic) bond motifs is 2. The zero-order valence-electron chi connectivity index (χ0n) is 18.5. The molecule has 0 bridgehead atoms. The van der Waals surface area contributed by atoms with Gasteiger partial charge in [-0.15, -0.1) is 12.4 Å². The zero-order valence-corrected chi connectivity index (χ0v) is 19.3. The lowest BCUT2D eigenvalue weighted by Crippen LogP contribution is -2.15. The molecule has 8 heteroatoms. The van der Waals surface area contributed by atoms with Gasteiger partial charge in [0.05, 0.1) is 11.2 Å². The van der Waals surface area contributed by atoms with Crippen molar-refractivity contribution in [2.75, 3.05) is 13.1 Å². The Hall–Kier alpha value is -3.29. The van der Waals surface area contributed by atoms with E-state index in [1.165, 1.54) is 6.42 Å². The summed E-state index contributed by atoms with van der Waals surface area (Å²) in [6.45, 7) is 3.14. The smallest absolute Gasteiger partial charge is 0.348 e. The summed E-state index contributed by atoms with van der Waals surface area (Å²) in [5.41, 5.74) is 3.83. The van der Waals surface area contributed by atoms with Gasteiger partial charge in [0, 0.05) is 47.8 Å². The van der Waals surface area contributed by atoms with Crippen molar-refractivity contribution in [1.29, 1.82) is 0 Å². The average molecular weight is 463 g/mol. The Balaban J connectivity index is 0.00000228. The number of halogens is 1. The monoisotopic (exact) mass is 462 g/mol. The Kier molecular flexibility index (Phi) is 5.60. The number of nitrogens with one attached hydrogen (secondary N) is 2. The van der Waals surface area contributed by atoms with Crippen molar-refractivity contribution >= 4 is 34.2 Å². The molecule has 170 valence electrons. The number of aromatic amines is 1. The summed E-state index contributed by atoms with van der Waals surface area (Å²) in [5, 5.41) is 12.7. The third-order valence-electron chi connectivity index (χ3n) is 6.76. The first-order valence-corrected chi connectivity index (χ1v) is 11.2. The molecule has 1 unspecified atom stereocenters. The maximum absolute atomic E-state index is 13.0. The van der Waals surface area contributed by atoms with Crippen molar-refractivity contribution in [1.82, 2.24) is 29.2 Å². The number of nitrogens with zero attached hydrogens (tertiary/aromatic N) is 4. The Morgan fingerprint density at radius 1 is 1.03 bits per heavy atom. The van der Waals surface area contributed by atoms with Crippen LogP contribution in [0.15, 0.2) is 65.7 Å². The van der Waals surface area contributed by atoms with Crippen LogP contribution < -0.4 is 11.0 Å². The minimum Gasteiger partial charge on any atom is -0.350 e. The molecule has 1 atom stereocenters. The molecule has 2 aromatic carbocycles. The van der Waals surface area contributed by atoms with Crippen molar-refractivity contribution in [3.63, 3.8) is 0 Å². The largest absolute Gasteiger partial charge is 0.350 e. The predicted molar refractivity (Wildman–Crippen MR) is 134 cm³/mol. The maximum Gasteiger partial charge on any atom is 0.348 e. The second kappa shape index (κ2) is 8.57. The fourth-order valence-electron chi connectivity index (χ4n) is 5.09. The van der Waals surface area contributed by atoms with Gasteiger partial charge in [-0.2, -0.15) is 5.10 Å². The van der Waals surface area contributed by atoms with Crippen LogP contribution in [0.1, 0.15) is 12.8 Å². The molecule has 1 saturated heterocycles. The highest BCUT2D eigenvalue weighted by Crippen LogP contribution is 2.32. The van der Waals surface area contributed by atoms with Crippen LogP contribution in [-0.4, -0.2) is 37.0 Å². The number of aromatic nitrogens is 5. The second-order valence-electron chi connectivity index (χ2n) is 8.73. The highest BCUT2D eigenvalue weighted by atomic mass is 35.5. The summed E-state index contributed by atoms with van der Waals surface area (Å²) >= 11 is 0. The minimum absolute atomic E-state index is 0. The Labute approximate surface area is 197 Å². The molecule has 1 aliphatic heterocycles. The molecule has 0 spiro atoms. The molecule has 0 radical (unpaired) electrons. The number of benzene rings is 2. The maximum atomic E-state index is 13.0. The topological polar surface area (TPSA) is 72.6 Å². The molecule has 4 heterocycles. The van der Waals surface area contributed by atoms with E-state index in [2.05, 4.69) is 61.2 Å². The third kappa shape index (κ3) is 3.57. The van der Waals surface area contributed by atoms with Crippen LogP contribution in [0.2, 0.25) is 0 Å². The lowest BCUT2D eigenvalue weighted by Gasteiger charge is -2.09. The molecular weight excluding hydrogens is 436 g/mol. The first kappa shape index (κ1) is 21.6. The van der Waals surface area contributed by atoms with E-state index in [1.54, 1.807) is 4.57 Å². The quantitative estimate of drug-likeness (QED) is 0.413. The highest BCUT2D eigenvalue weighted by molar-refractivity contribution is 5.96. The van der Waals surface area contributed by atoms with Gasteiger partial charge < -0.3 is 14.5 Å². The van der Waals surface area contributed by atoms with Gasteiger partial charge in [0.15, 0.2) is 5.82 Å². The number of rotatable bonds is 5. The van der Waals surface area contributed by atoms with Gasteiger partial charge in [-0.05, 0) is 44.0 Å². The Morgan fingerprint density at radius 3 is 2.58 bits per heavy atom. The standard InChI is InChI=1S/C25H26N6O.ClH/c1-29-15-20(18-6-2-4-8-21(18)29)24-27-28-25(32)31(24)23-16-30(13-11-17-10-12-26-14-17)22-9-5-3-7-19(22)23;/h2-9,15-17,26H,10-14H2,1H3,(H,28,32);1H. The fraction of sp³-hybridized carbons (Fsp3) is 0.280. The molecule has 7 nitrogen and oxygen atoms in total. The molecule has 1 aliphatic rings. The highest BCUT2D eigenvalue weighted by Gasteiger charge is 2.21. The van der Waals surface area contributed by atoms with Gasteiger partial charge in [0.2, 0.25) is 0 Å². The van der Waals surface area contributed by atoms with Gasteiger partial charge in [0.25, 0.3) is 0 Å². The van der Waals surface area contributed by atoms with Crippen LogP contribution in [0, 0.1) is 5.92 Å². The fourth-order valence-corrected chi connectivity index (χ4v) is 5.09. The lowest BCUT2D eigenvalue weighted by atomic mass is 10.1. The van der Waals surface area contributed by atoms with E-state index in [4.69, 9.17) is 0 Å². The Morgan fingerprint density at radius 2 is 1.79 bits per heavy atom. The SMILES string of the molecule is Cl.Cn1cc(-c2n[nH]c(=O)n2-c2cn(CCC3CCNC3)c3ccccc23)c2ccccc21. The molecule has 0 saturated carbocycles. The third-order valence-corrected chi connectivity index (χ3v) is 6.76. The number of hydrogen-bond donors (Lipinski definition) is 2. The van der Waals surface area contributed by atoms with Gasteiger partial charge in [0.1, 0.15) is 0 Å². The van der Waals surface area contributed by atoms with Crippen LogP contribution in [-0.2, 0) is 13.6 Å². The molecule has 0 aliphatic carbocycles. The number of H-pyrrole nitrogens is 1. The summed E-state index contributed by atoms with van der Waals surface area (Å²) in [4.78, 5) is 13.0. The number of aryl methyl sites for hydroxylation is 2. The van der Waals surface area contributed by atoms with Gasteiger partial charge in [-0.3, -0.25) is 0 Å². The molecular formula is C25H27ClN6O. The lowest BCUT2D eigenvalue weighted by molar-refractivity contribution is 0.486. The van der Waals surface area contributed by atoms with E-state index in [1.807, 2.05) is 31.4 Å². The van der Waals surface area contributed by atoms with E-state index >= 15 is 0 Å². The molecule has 2 N–H and O–H groups in total. The number of para-hydroxylation sites is 2. The molecule has 1 fully saturated rings. The van der Waals surface area contributed by atoms with E-state index in [0.29, 0.717) is 11.7 Å². The van der Waals surface area contributed by atoms with E-state index in [9.17, 15) is 4.79 Å². The van der Waals surface area contributed by atoms with Crippen LogP contribution >= 0.6 is 12.4 Å². The summed E-state index contributed by atoms with van der Waals surface area (Å²) in [5.74, 6) is 1.34. The van der Waals surface area contributed by atoms with E-state index in [-0.39, 0.29) is 18.1 Å². The predicted octanol–water partition coefficient (Wildman–Crippen LogP) is 4.10. The van der Waals surface area contributed by atoms with Gasteiger partial charge in [-0.25, -0.2) is 14.5 Å². The summed E-state index contributed by atoms with van der Waals surface area (Å²) in [6.07, 6.45) is 6.52.